The number of nitrogens with zero attached hydrogens (tertiary/aromatic N) is 4. The Morgan fingerprint density at radius 2 is 2.14 bits per heavy atom. The standard InChI is InChI=1S/C14H15FN6O/c1-20-7-6-11(19-20)17-12(22)8-16-14-18-13-9(15)4-3-5-10(13)21(14)2/h3-7H,8H2,1-2H3,(H,16,18)(H,17,19,22). The Hall–Kier alpha value is -2.90. The molecule has 1 amide bonds. The van der Waals surface area contributed by atoms with E-state index in [1.165, 1.54) is 6.07 Å². The second-order valence-corrected chi connectivity index (χ2v) is 4.88. The SMILES string of the molecule is Cn1ccc(NC(=O)CNc2nc3c(F)cccc3n2C)n1. The summed E-state index contributed by atoms with van der Waals surface area (Å²) in [4.78, 5) is 16.0. The summed E-state index contributed by atoms with van der Waals surface area (Å²) >= 11 is 0. The van der Waals surface area contributed by atoms with Crippen molar-refractivity contribution in [1.82, 2.24) is 19.3 Å². The Morgan fingerprint density at radius 3 is 2.82 bits per heavy atom. The number of aromatic nitrogens is 4. The van der Waals surface area contributed by atoms with Crippen molar-refractivity contribution in [1.29, 1.82) is 0 Å². The molecule has 0 bridgehead atoms. The van der Waals surface area contributed by atoms with Gasteiger partial charge in [0.25, 0.3) is 0 Å². The van der Waals surface area contributed by atoms with E-state index >= 15 is 0 Å². The van der Waals surface area contributed by atoms with Crippen molar-refractivity contribution in [3.63, 3.8) is 0 Å². The van der Waals surface area contributed by atoms with Crippen LogP contribution in [0.1, 0.15) is 0 Å². The lowest BCUT2D eigenvalue weighted by Crippen LogP contribution is -2.23. The molecule has 0 spiro atoms. The van der Waals surface area contributed by atoms with Crippen LogP contribution >= 0.6 is 0 Å². The van der Waals surface area contributed by atoms with Crippen molar-refractivity contribution in [2.24, 2.45) is 14.1 Å². The molecule has 22 heavy (non-hydrogen) atoms. The Bertz CT molecular complexity index is 837. The minimum atomic E-state index is -0.390. The first-order chi connectivity index (χ1) is 10.5. The number of carbonyl (C=O) groups excluding carboxylic acids is 1. The van der Waals surface area contributed by atoms with Gasteiger partial charge >= 0.3 is 0 Å². The summed E-state index contributed by atoms with van der Waals surface area (Å²) in [6, 6.07) is 6.44. The molecule has 1 aromatic carbocycles. The first-order valence-electron chi connectivity index (χ1n) is 6.69. The van der Waals surface area contributed by atoms with E-state index in [1.54, 1.807) is 47.7 Å². The zero-order valence-corrected chi connectivity index (χ0v) is 12.2. The maximum Gasteiger partial charge on any atom is 0.244 e. The highest BCUT2D eigenvalue weighted by Gasteiger charge is 2.12. The highest BCUT2D eigenvalue weighted by Crippen LogP contribution is 2.20. The Morgan fingerprint density at radius 1 is 1.32 bits per heavy atom. The van der Waals surface area contributed by atoms with E-state index in [2.05, 4.69) is 20.7 Å². The minimum Gasteiger partial charge on any atom is -0.347 e. The molecular weight excluding hydrogens is 287 g/mol. The topological polar surface area (TPSA) is 76.8 Å². The molecule has 0 saturated heterocycles. The van der Waals surface area contributed by atoms with Crippen LogP contribution in [0.3, 0.4) is 0 Å². The molecular formula is C14H15FN6O. The summed E-state index contributed by atoms with van der Waals surface area (Å²) in [6.07, 6.45) is 1.73. The van der Waals surface area contributed by atoms with E-state index in [4.69, 9.17) is 0 Å². The maximum absolute atomic E-state index is 13.7. The predicted octanol–water partition coefficient (Wildman–Crippen LogP) is 1.50. The Labute approximate surface area is 125 Å². The molecule has 3 rings (SSSR count). The van der Waals surface area contributed by atoms with Crippen molar-refractivity contribution >= 4 is 28.7 Å². The summed E-state index contributed by atoms with van der Waals surface area (Å²) in [5, 5.41) is 9.60. The van der Waals surface area contributed by atoms with Gasteiger partial charge in [-0.2, -0.15) is 5.10 Å². The van der Waals surface area contributed by atoms with Crippen LogP contribution in [-0.4, -0.2) is 31.8 Å². The van der Waals surface area contributed by atoms with Gasteiger partial charge in [0.05, 0.1) is 12.1 Å². The summed E-state index contributed by atoms with van der Waals surface area (Å²) in [6.45, 7) is 0.00928. The molecule has 3 aromatic rings. The number of fused-ring (bicyclic) bond motifs is 1. The van der Waals surface area contributed by atoms with Crippen LogP contribution in [0, 0.1) is 5.82 Å². The number of anilines is 2. The molecule has 0 fully saturated rings. The lowest BCUT2D eigenvalue weighted by molar-refractivity contribution is -0.114. The third kappa shape index (κ3) is 2.62. The van der Waals surface area contributed by atoms with Crippen LogP contribution in [0.5, 0.6) is 0 Å². The number of hydrogen-bond donors (Lipinski definition) is 2. The number of amides is 1. The molecule has 0 aliphatic rings. The monoisotopic (exact) mass is 302 g/mol. The van der Waals surface area contributed by atoms with Crippen molar-refractivity contribution in [3.8, 4) is 0 Å². The van der Waals surface area contributed by atoms with E-state index < -0.39 is 0 Å². The van der Waals surface area contributed by atoms with Crippen molar-refractivity contribution < 1.29 is 9.18 Å². The maximum atomic E-state index is 13.7. The fourth-order valence-corrected chi connectivity index (χ4v) is 2.17. The number of carbonyl (C=O) groups is 1. The van der Waals surface area contributed by atoms with Crippen molar-refractivity contribution in [3.05, 3.63) is 36.3 Å². The van der Waals surface area contributed by atoms with Gasteiger partial charge in [-0.15, -0.1) is 0 Å². The number of aryl methyl sites for hydroxylation is 2. The van der Waals surface area contributed by atoms with Gasteiger partial charge in [-0.3, -0.25) is 9.48 Å². The first-order valence-corrected chi connectivity index (χ1v) is 6.69. The molecule has 0 radical (unpaired) electrons. The van der Waals surface area contributed by atoms with Crippen molar-refractivity contribution in [2.75, 3.05) is 17.2 Å². The summed E-state index contributed by atoms with van der Waals surface area (Å²) in [5.74, 6) is 0.256. The van der Waals surface area contributed by atoms with Gasteiger partial charge < -0.3 is 15.2 Å². The normalized spacial score (nSPS) is 10.9. The molecule has 0 aliphatic heterocycles. The number of imidazole rings is 1. The predicted molar refractivity (Wildman–Crippen MR) is 81.0 cm³/mol. The fraction of sp³-hybridized carbons (Fsp3) is 0.214. The third-order valence-corrected chi connectivity index (χ3v) is 3.25. The fourth-order valence-electron chi connectivity index (χ4n) is 2.17. The van der Waals surface area contributed by atoms with E-state index in [0.29, 0.717) is 17.3 Å². The molecule has 8 heteroatoms. The molecule has 2 aromatic heterocycles. The van der Waals surface area contributed by atoms with Crippen LogP contribution in [0.2, 0.25) is 0 Å². The van der Waals surface area contributed by atoms with Gasteiger partial charge in [0.2, 0.25) is 11.9 Å². The van der Waals surface area contributed by atoms with Crippen molar-refractivity contribution in [2.45, 2.75) is 0 Å². The second kappa shape index (κ2) is 5.47. The minimum absolute atomic E-state index is 0.00928. The molecule has 2 heterocycles. The molecule has 114 valence electrons. The highest BCUT2D eigenvalue weighted by molar-refractivity contribution is 5.93. The zero-order chi connectivity index (χ0) is 15.7. The van der Waals surface area contributed by atoms with Gasteiger partial charge in [0.1, 0.15) is 5.52 Å². The molecule has 0 saturated carbocycles. The average molecular weight is 302 g/mol. The number of nitrogens with one attached hydrogen (secondary N) is 2. The molecule has 0 unspecified atom stereocenters. The van der Waals surface area contributed by atoms with Crippen LogP contribution in [0.4, 0.5) is 16.2 Å². The van der Waals surface area contributed by atoms with E-state index in [0.717, 1.165) is 0 Å². The zero-order valence-electron chi connectivity index (χ0n) is 12.2. The van der Waals surface area contributed by atoms with Crippen LogP contribution < -0.4 is 10.6 Å². The van der Waals surface area contributed by atoms with Gasteiger partial charge in [-0.05, 0) is 12.1 Å². The number of para-hydroxylation sites is 1. The lowest BCUT2D eigenvalue weighted by atomic mass is 10.3. The largest absolute Gasteiger partial charge is 0.347 e. The second-order valence-electron chi connectivity index (χ2n) is 4.88. The smallest absolute Gasteiger partial charge is 0.244 e. The van der Waals surface area contributed by atoms with Crippen LogP contribution in [0.15, 0.2) is 30.5 Å². The molecule has 0 aliphatic carbocycles. The lowest BCUT2D eigenvalue weighted by Gasteiger charge is -2.06. The van der Waals surface area contributed by atoms with Gasteiger partial charge in [-0.1, -0.05) is 6.07 Å². The van der Waals surface area contributed by atoms with E-state index in [1.807, 2.05) is 0 Å². The molecule has 2 N–H and O–H groups in total. The molecule has 0 atom stereocenters. The highest BCUT2D eigenvalue weighted by atomic mass is 19.1. The molecule has 7 nitrogen and oxygen atoms in total. The number of hydrogen-bond acceptors (Lipinski definition) is 4. The average Bonchev–Trinajstić information content (AvgIpc) is 3.02. The summed E-state index contributed by atoms with van der Waals surface area (Å²) in [5.41, 5.74) is 0.935. The van der Waals surface area contributed by atoms with Gasteiger partial charge in [0.15, 0.2) is 11.6 Å². The first kappa shape index (κ1) is 14.1. The summed E-state index contributed by atoms with van der Waals surface area (Å²) < 4.78 is 17.0. The van der Waals surface area contributed by atoms with Crippen LogP contribution in [0.25, 0.3) is 11.0 Å². The number of rotatable bonds is 4. The number of halogens is 1. The van der Waals surface area contributed by atoms with Crippen LogP contribution in [-0.2, 0) is 18.9 Å². The van der Waals surface area contributed by atoms with Gasteiger partial charge in [-0.25, -0.2) is 9.37 Å². The Kier molecular flexibility index (Phi) is 3.50. The third-order valence-electron chi connectivity index (χ3n) is 3.25. The Balaban J connectivity index is 1.70. The number of benzene rings is 1. The van der Waals surface area contributed by atoms with E-state index in [-0.39, 0.29) is 23.8 Å². The quantitative estimate of drug-likeness (QED) is 0.765. The van der Waals surface area contributed by atoms with Gasteiger partial charge in [0, 0.05) is 26.4 Å². The summed E-state index contributed by atoms with van der Waals surface area (Å²) in [7, 11) is 3.52. The van der Waals surface area contributed by atoms with E-state index in [9.17, 15) is 9.18 Å².